The molecule has 0 aromatic heterocycles. The van der Waals surface area contributed by atoms with Crippen LogP contribution >= 0.6 is 15.9 Å². The number of benzene rings is 1. The van der Waals surface area contributed by atoms with Gasteiger partial charge in [-0.25, -0.2) is 0 Å². The van der Waals surface area contributed by atoms with Crippen LogP contribution in [-0.4, -0.2) is 25.4 Å². The maximum atomic E-state index is 5.81. The maximum Gasteiger partial charge on any atom is 0.127 e. The monoisotopic (exact) mass is 344 g/mol. The quantitative estimate of drug-likeness (QED) is 0.510. The zero-order chi connectivity index (χ0) is 15.0. The van der Waals surface area contributed by atoms with Gasteiger partial charge in [0.15, 0.2) is 0 Å². The molecule has 0 amide bonds. The minimum absolute atomic E-state index is 0.131. The summed E-state index contributed by atoms with van der Waals surface area (Å²) in [5.74, 6) is 1.70. The standard InChI is InChI=1S/C16H25BrO3/c1-5-8-18-14-7-6-13(12-17)15(11-14)19-9-10-20-16(2,3)4/h6-7,11H,5,8-10,12H2,1-4H3. The van der Waals surface area contributed by atoms with Gasteiger partial charge in [-0.3, -0.25) is 0 Å². The van der Waals surface area contributed by atoms with Crippen molar-refractivity contribution in [2.45, 2.75) is 45.0 Å². The average Bonchev–Trinajstić information content (AvgIpc) is 2.40. The summed E-state index contributed by atoms with van der Waals surface area (Å²) in [6, 6.07) is 5.95. The summed E-state index contributed by atoms with van der Waals surface area (Å²) in [6.45, 7) is 10.0. The largest absolute Gasteiger partial charge is 0.493 e. The van der Waals surface area contributed by atoms with Crippen molar-refractivity contribution in [1.82, 2.24) is 0 Å². The van der Waals surface area contributed by atoms with Gasteiger partial charge >= 0.3 is 0 Å². The van der Waals surface area contributed by atoms with Gasteiger partial charge in [0.25, 0.3) is 0 Å². The molecule has 1 rings (SSSR count). The Labute approximate surface area is 130 Å². The van der Waals surface area contributed by atoms with Gasteiger partial charge in [-0.05, 0) is 33.3 Å². The summed E-state index contributed by atoms with van der Waals surface area (Å²) in [6.07, 6.45) is 0.996. The zero-order valence-corrected chi connectivity index (χ0v) is 14.5. The van der Waals surface area contributed by atoms with Gasteiger partial charge in [0, 0.05) is 17.0 Å². The second kappa shape index (κ2) is 8.53. The van der Waals surface area contributed by atoms with Crippen molar-refractivity contribution < 1.29 is 14.2 Å². The highest BCUT2D eigenvalue weighted by atomic mass is 79.9. The molecule has 0 heterocycles. The Morgan fingerprint density at radius 3 is 2.40 bits per heavy atom. The first kappa shape index (κ1) is 17.3. The predicted octanol–water partition coefficient (Wildman–Crippen LogP) is 4.56. The summed E-state index contributed by atoms with van der Waals surface area (Å²) < 4.78 is 17.1. The number of hydrogen-bond acceptors (Lipinski definition) is 3. The predicted molar refractivity (Wildman–Crippen MR) is 86.1 cm³/mol. The van der Waals surface area contributed by atoms with Crippen LogP contribution in [-0.2, 0) is 10.1 Å². The van der Waals surface area contributed by atoms with Gasteiger partial charge in [0.1, 0.15) is 18.1 Å². The van der Waals surface area contributed by atoms with Crippen LogP contribution in [0.5, 0.6) is 11.5 Å². The molecule has 0 spiro atoms. The third kappa shape index (κ3) is 6.62. The number of rotatable bonds is 8. The molecule has 0 bridgehead atoms. The van der Waals surface area contributed by atoms with Crippen molar-refractivity contribution in [1.29, 1.82) is 0 Å². The van der Waals surface area contributed by atoms with Gasteiger partial charge in [-0.15, -0.1) is 0 Å². The highest BCUT2D eigenvalue weighted by Crippen LogP contribution is 2.27. The normalized spacial score (nSPS) is 11.4. The molecule has 0 unspecified atom stereocenters. The van der Waals surface area contributed by atoms with Crippen molar-refractivity contribution in [3.8, 4) is 11.5 Å². The second-order valence-corrected chi connectivity index (χ2v) is 6.12. The first-order valence-corrected chi connectivity index (χ1v) is 8.17. The molecule has 0 fully saturated rings. The van der Waals surface area contributed by atoms with Crippen LogP contribution in [0.3, 0.4) is 0 Å². The smallest absolute Gasteiger partial charge is 0.127 e. The molecule has 20 heavy (non-hydrogen) atoms. The van der Waals surface area contributed by atoms with E-state index in [0.29, 0.717) is 13.2 Å². The van der Waals surface area contributed by atoms with Crippen LogP contribution in [0.15, 0.2) is 18.2 Å². The maximum absolute atomic E-state index is 5.81. The van der Waals surface area contributed by atoms with Crippen LogP contribution in [0.1, 0.15) is 39.7 Å². The Bertz CT molecular complexity index is 399. The lowest BCUT2D eigenvalue weighted by Gasteiger charge is -2.20. The number of halogens is 1. The SMILES string of the molecule is CCCOc1ccc(CBr)c(OCCOC(C)(C)C)c1. The topological polar surface area (TPSA) is 27.7 Å². The second-order valence-electron chi connectivity index (χ2n) is 5.56. The Morgan fingerprint density at radius 2 is 1.80 bits per heavy atom. The summed E-state index contributed by atoms with van der Waals surface area (Å²) in [4.78, 5) is 0. The minimum atomic E-state index is -0.131. The van der Waals surface area contributed by atoms with Crippen LogP contribution in [0.4, 0.5) is 0 Å². The van der Waals surface area contributed by atoms with E-state index in [4.69, 9.17) is 14.2 Å². The van der Waals surface area contributed by atoms with E-state index in [1.54, 1.807) is 0 Å². The molecule has 3 nitrogen and oxygen atoms in total. The lowest BCUT2D eigenvalue weighted by molar-refractivity contribution is -0.0163. The number of ether oxygens (including phenoxy) is 3. The van der Waals surface area contributed by atoms with E-state index in [0.717, 1.165) is 35.4 Å². The number of alkyl halides is 1. The first-order chi connectivity index (χ1) is 9.46. The van der Waals surface area contributed by atoms with Crippen LogP contribution < -0.4 is 9.47 Å². The summed E-state index contributed by atoms with van der Waals surface area (Å²) in [5.41, 5.74) is 0.984. The van der Waals surface area contributed by atoms with Crippen molar-refractivity contribution in [2.75, 3.05) is 19.8 Å². The molecular formula is C16H25BrO3. The molecule has 1 aromatic carbocycles. The lowest BCUT2D eigenvalue weighted by atomic mass is 10.2. The zero-order valence-electron chi connectivity index (χ0n) is 12.9. The lowest BCUT2D eigenvalue weighted by Crippen LogP contribution is -2.22. The molecule has 0 radical (unpaired) electrons. The molecule has 0 saturated carbocycles. The van der Waals surface area contributed by atoms with Gasteiger partial charge in [-0.1, -0.05) is 28.9 Å². The van der Waals surface area contributed by atoms with E-state index < -0.39 is 0 Å². The molecule has 4 heteroatoms. The summed E-state index contributed by atoms with van der Waals surface area (Å²) in [5, 5.41) is 0.760. The Hall–Kier alpha value is -0.740. The van der Waals surface area contributed by atoms with Gasteiger partial charge in [0.2, 0.25) is 0 Å². The fourth-order valence-corrected chi connectivity index (χ4v) is 2.05. The van der Waals surface area contributed by atoms with Gasteiger partial charge < -0.3 is 14.2 Å². The molecule has 0 atom stereocenters. The molecule has 0 saturated heterocycles. The fraction of sp³-hybridized carbons (Fsp3) is 0.625. The van der Waals surface area contributed by atoms with E-state index in [-0.39, 0.29) is 5.60 Å². The summed E-state index contributed by atoms with van der Waals surface area (Å²) in [7, 11) is 0. The van der Waals surface area contributed by atoms with E-state index in [1.807, 2.05) is 39.0 Å². The average molecular weight is 345 g/mol. The third-order valence-corrected chi connectivity index (χ3v) is 3.14. The van der Waals surface area contributed by atoms with Crippen LogP contribution in [0, 0.1) is 0 Å². The van der Waals surface area contributed by atoms with Gasteiger partial charge in [0.05, 0.1) is 18.8 Å². The Balaban J connectivity index is 2.57. The van der Waals surface area contributed by atoms with Crippen molar-refractivity contribution >= 4 is 15.9 Å². The Kier molecular flexibility index (Phi) is 7.38. The van der Waals surface area contributed by atoms with Crippen molar-refractivity contribution in [3.63, 3.8) is 0 Å². The summed E-state index contributed by atoms with van der Waals surface area (Å²) >= 11 is 3.47. The fourth-order valence-electron chi connectivity index (χ4n) is 1.59. The van der Waals surface area contributed by atoms with E-state index in [2.05, 4.69) is 22.9 Å². The van der Waals surface area contributed by atoms with Crippen molar-refractivity contribution in [3.05, 3.63) is 23.8 Å². The van der Waals surface area contributed by atoms with Crippen LogP contribution in [0.2, 0.25) is 0 Å². The Morgan fingerprint density at radius 1 is 1.05 bits per heavy atom. The molecule has 0 aliphatic rings. The minimum Gasteiger partial charge on any atom is -0.493 e. The molecular weight excluding hydrogens is 320 g/mol. The molecule has 114 valence electrons. The van der Waals surface area contributed by atoms with E-state index in [9.17, 15) is 0 Å². The molecule has 0 N–H and O–H groups in total. The number of hydrogen-bond donors (Lipinski definition) is 0. The van der Waals surface area contributed by atoms with Gasteiger partial charge in [-0.2, -0.15) is 0 Å². The molecule has 0 aliphatic heterocycles. The van der Waals surface area contributed by atoms with E-state index >= 15 is 0 Å². The third-order valence-electron chi connectivity index (χ3n) is 2.53. The van der Waals surface area contributed by atoms with E-state index in [1.165, 1.54) is 0 Å². The molecule has 0 aliphatic carbocycles. The first-order valence-electron chi connectivity index (χ1n) is 7.04. The highest BCUT2D eigenvalue weighted by Gasteiger charge is 2.10. The van der Waals surface area contributed by atoms with Crippen LogP contribution in [0.25, 0.3) is 0 Å². The molecule has 1 aromatic rings. The highest BCUT2D eigenvalue weighted by molar-refractivity contribution is 9.08. The van der Waals surface area contributed by atoms with Crippen molar-refractivity contribution in [2.24, 2.45) is 0 Å².